The zero-order valence-corrected chi connectivity index (χ0v) is 14.2. The first kappa shape index (κ1) is 17.7. The summed E-state index contributed by atoms with van der Waals surface area (Å²) in [6.07, 6.45) is 1.07. The molecular formula is C12H21N3O4S2. The Labute approximate surface area is 129 Å². The summed E-state index contributed by atoms with van der Waals surface area (Å²) in [6.45, 7) is 3.14. The first-order chi connectivity index (χ1) is 9.68. The van der Waals surface area contributed by atoms with Crippen molar-refractivity contribution in [2.24, 2.45) is 0 Å². The normalized spacial score (nSPS) is 11.7. The maximum Gasteiger partial charge on any atom is 0.350 e. The number of hydrogen-bond acceptors (Lipinski definition) is 8. The Morgan fingerprint density at radius 1 is 1.43 bits per heavy atom. The predicted molar refractivity (Wildman–Crippen MR) is 84.8 cm³/mol. The van der Waals surface area contributed by atoms with Crippen molar-refractivity contribution in [2.45, 2.75) is 11.8 Å². The molecule has 0 aliphatic carbocycles. The third-order valence-corrected chi connectivity index (χ3v) is 5.01. The van der Waals surface area contributed by atoms with Crippen molar-refractivity contribution < 1.29 is 17.9 Å². The van der Waals surface area contributed by atoms with Crippen LogP contribution in [0.4, 0.5) is 10.7 Å². The molecule has 0 spiro atoms. The van der Waals surface area contributed by atoms with Crippen LogP contribution in [0, 0.1) is 0 Å². The van der Waals surface area contributed by atoms with Crippen LogP contribution in [0.3, 0.4) is 0 Å². The second-order valence-corrected chi connectivity index (χ2v) is 7.70. The highest BCUT2D eigenvalue weighted by atomic mass is 32.2. The number of rotatable bonds is 7. The highest BCUT2D eigenvalue weighted by Gasteiger charge is 2.27. The smallest absolute Gasteiger partial charge is 0.350 e. The molecule has 0 aromatic carbocycles. The van der Waals surface area contributed by atoms with Crippen molar-refractivity contribution in [3.63, 3.8) is 0 Å². The maximum atomic E-state index is 11.9. The summed E-state index contributed by atoms with van der Waals surface area (Å²) < 4.78 is 28.7. The Kier molecular flexibility index (Phi) is 5.99. The molecule has 0 saturated heterocycles. The van der Waals surface area contributed by atoms with E-state index in [-0.39, 0.29) is 22.1 Å². The van der Waals surface area contributed by atoms with E-state index in [1.807, 2.05) is 19.0 Å². The van der Waals surface area contributed by atoms with E-state index in [1.165, 1.54) is 0 Å². The van der Waals surface area contributed by atoms with E-state index in [0.717, 1.165) is 24.1 Å². The molecule has 0 unspecified atom stereocenters. The molecule has 1 heterocycles. The van der Waals surface area contributed by atoms with Gasteiger partial charge in [-0.3, -0.25) is 0 Å². The second-order valence-electron chi connectivity index (χ2n) is 4.73. The quantitative estimate of drug-likeness (QED) is 0.713. The molecule has 0 atom stereocenters. The summed E-state index contributed by atoms with van der Waals surface area (Å²) in [6, 6.07) is 0. The maximum absolute atomic E-state index is 11.9. The van der Waals surface area contributed by atoms with Gasteiger partial charge in [-0.2, -0.15) is 0 Å². The lowest BCUT2D eigenvalue weighted by Crippen LogP contribution is -2.21. The van der Waals surface area contributed by atoms with Gasteiger partial charge in [0.2, 0.25) is 0 Å². The number of likely N-dealkylation sites (N-methyl/N-ethyl adjacent to an activating group) is 1. The average molecular weight is 335 g/mol. The molecule has 0 aliphatic heterocycles. The van der Waals surface area contributed by atoms with Crippen LogP contribution in [0.5, 0.6) is 0 Å². The molecule has 0 radical (unpaired) electrons. The molecule has 3 N–H and O–H groups in total. The number of anilines is 2. The summed E-state index contributed by atoms with van der Waals surface area (Å²) >= 11 is 1.00. The fourth-order valence-electron chi connectivity index (χ4n) is 1.65. The van der Waals surface area contributed by atoms with E-state index >= 15 is 0 Å². The number of thiophene rings is 1. The van der Waals surface area contributed by atoms with Crippen LogP contribution in [0.2, 0.25) is 0 Å². The van der Waals surface area contributed by atoms with E-state index in [1.54, 1.807) is 6.92 Å². The third kappa shape index (κ3) is 4.58. The second kappa shape index (κ2) is 7.10. The zero-order valence-electron chi connectivity index (χ0n) is 12.6. The van der Waals surface area contributed by atoms with Crippen LogP contribution < -0.4 is 11.1 Å². The summed E-state index contributed by atoms with van der Waals surface area (Å²) in [7, 11) is 0.277. The number of nitrogen functional groups attached to an aromatic ring is 1. The van der Waals surface area contributed by atoms with Crippen LogP contribution in [0.1, 0.15) is 16.6 Å². The number of sulfone groups is 1. The Morgan fingerprint density at radius 3 is 2.52 bits per heavy atom. The van der Waals surface area contributed by atoms with Crippen LogP contribution >= 0.6 is 11.3 Å². The molecule has 1 rings (SSSR count). The summed E-state index contributed by atoms with van der Waals surface area (Å²) in [5, 5.41) is 3.39. The number of carbonyl (C=O) groups excluding carboxylic acids is 1. The molecule has 0 bridgehead atoms. The van der Waals surface area contributed by atoms with Crippen LogP contribution in [0.25, 0.3) is 0 Å². The zero-order chi connectivity index (χ0) is 16.2. The van der Waals surface area contributed by atoms with Gasteiger partial charge >= 0.3 is 5.97 Å². The minimum Gasteiger partial charge on any atom is -0.462 e. The SMILES string of the molecule is CCOC(=O)c1sc(NCCN(C)C)c(S(C)(=O)=O)c1N. The molecule has 0 aliphatic rings. The Balaban J connectivity index is 3.16. The fourth-order valence-corrected chi connectivity index (χ4v) is 4.14. The Bertz CT molecular complexity index is 608. The molecule has 0 amide bonds. The third-order valence-electron chi connectivity index (χ3n) is 2.58. The molecule has 21 heavy (non-hydrogen) atoms. The molecular weight excluding hydrogens is 314 g/mol. The number of ether oxygens (including phenoxy) is 1. The van der Waals surface area contributed by atoms with Crippen molar-refractivity contribution in [1.82, 2.24) is 4.90 Å². The van der Waals surface area contributed by atoms with E-state index in [2.05, 4.69) is 5.32 Å². The van der Waals surface area contributed by atoms with Gasteiger partial charge in [0, 0.05) is 19.3 Å². The molecule has 0 saturated carbocycles. The highest BCUT2D eigenvalue weighted by molar-refractivity contribution is 7.91. The van der Waals surface area contributed by atoms with Gasteiger partial charge in [0.05, 0.1) is 12.3 Å². The first-order valence-corrected chi connectivity index (χ1v) is 9.07. The predicted octanol–water partition coefficient (Wildman–Crippen LogP) is 0.884. The largest absolute Gasteiger partial charge is 0.462 e. The number of nitrogens with two attached hydrogens (primary N) is 1. The lowest BCUT2D eigenvalue weighted by atomic mass is 10.4. The van der Waals surface area contributed by atoms with Gasteiger partial charge in [0.25, 0.3) is 0 Å². The lowest BCUT2D eigenvalue weighted by Gasteiger charge is -2.11. The molecule has 7 nitrogen and oxygen atoms in total. The average Bonchev–Trinajstić information content (AvgIpc) is 2.65. The van der Waals surface area contributed by atoms with E-state index in [0.29, 0.717) is 11.5 Å². The Hall–Kier alpha value is -1.32. The number of esters is 1. The van der Waals surface area contributed by atoms with Gasteiger partial charge in [-0.1, -0.05) is 0 Å². The minimum absolute atomic E-state index is 0.0330. The summed E-state index contributed by atoms with van der Waals surface area (Å²) in [5.41, 5.74) is 5.79. The van der Waals surface area contributed by atoms with Crippen molar-refractivity contribution in [1.29, 1.82) is 0 Å². The molecule has 120 valence electrons. The van der Waals surface area contributed by atoms with E-state index < -0.39 is 15.8 Å². The number of nitrogens with one attached hydrogen (secondary N) is 1. The van der Waals surface area contributed by atoms with Crippen LogP contribution in [-0.2, 0) is 14.6 Å². The number of nitrogens with zero attached hydrogens (tertiary/aromatic N) is 1. The van der Waals surface area contributed by atoms with Crippen molar-refractivity contribution in [2.75, 3.05) is 51.1 Å². The van der Waals surface area contributed by atoms with Crippen molar-refractivity contribution >= 4 is 37.8 Å². The number of carbonyl (C=O) groups is 1. The van der Waals surface area contributed by atoms with Gasteiger partial charge in [0.1, 0.15) is 14.8 Å². The Morgan fingerprint density at radius 2 is 2.05 bits per heavy atom. The van der Waals surface area contributed by atoms with Gasteiger partial charge in [-0.05, 0) is 21.0 Å². The van der Waals surface area contributed by atoms with E-state index in [4.69, 9.17) is 10.5 Å². The molecule has 0 fully saturated rings. The molecule has 1 aromatic heterocycles. The summed E-state index contributed by atoms with van der Waals surface area (Å²) in [5.74, 6) is -0.606. The molecule has 9 heteroatoms. The highest BCUT2D eigenvalue weighted by Crippen LogP contribution is 2.39. The van der Waals surface area contributed by atoms with E-state index in [9.17, 15) is 13.2 Å². The van der Waals surface area contributed by atoms with Crippen molar-refractivity contribution in [3.05, 3.63) is 4.88 Å². The van der Waals surface area contributed by atoms with Gasteiger partial charge in [0.15, 0.2) is 9.84 Å². The molecule has 1 aromatic rings. The van der Waals surface area contributed by atoms with Gasteiger partial charge in [-0.25, -0.2) is 13.2 Å². The fraction of sp³-hybridized carbons (Fsp3) is 0.583. The minimum atomic E-state index is -3.54. The first-order valence-electron chi connectivity index (χ1n) is 6.36. The van der Waals surface area contributed by atoms with Crippen LogP contribution in [-0.4, -0.2) is 59.3 Å². The topological polar surface area (TPSA) is 102 Å². The van der Waals surface area contributed by atoms with Gasteiger partial charge in [-0.15, -0.1) is 11.3 Å². The van der Waals surface area contributed by atoms with Gasteiger partial charge < -0.3 is 20.7 Å². The lowest BCUT2D eigenvalue weighted by molar-refractivity contribution is 0.0533. The summed E-state index contributed by atoms with van der Waals surface area (Å²) in [4.78, 5) is 13.9. The standard InChI is InChI=1S/C12H21N3O4S2/c1-5-19-12(16)9-8(13)10(21(4,17)18)11(20-9)14-6-7-15(2)3/h14H,5-7,13H2,1-4H3. The number of hydrogen-bond donors (Lipinski definition) is 2. The van der Waals surface area contributed by atoms with Crippen molar-refractivity contribution in [3.8, 4) is 0 Å². The van der Waals surface area contributed by atoms with Crippen LogP contribution in [0.15, 0.2) is 4.90 Å². The monoisotopic (exact) mass is 335 g/mol.